The highest BCUT2D eigenvalue weighted by atomic mass is 32.2. The number of nitriles is 1. The molecule has 0 aliphatic carbocycles. The van der Waals surface area contributed by atoms with E-state index in [2.05, 4.69) is 61.7 Å². The molecule has 0 aromatic carbocycles. The SMILES string of the molecule is CC(C)(C)Nc1cc(-c2ccc(/C=C(/C#N)C=N)[nH]2)ncc1C(=N)SC(=N)N1CCN(C(C)(C)C)CC1. The van der Waals surface area contributed by atoms with Crippen LogP contribution in [0.5, 0.6) is 0 Å². The molecule has 3 rings (SSSR count). The molecule has 37 heavy (non-hydrogen) atoms. The molecule has 10 heteroatoms. The third-order valence-electron chi connectivity index (χ3n) is 5.95. The molecule has 0 unspecified atom stereocenters. The van der Waals surface area contributed by atoms with Gasteiger partial charge in [-0.3, -0.25) is 20.7 Å². The van der Waals surface area contributed by atoms with Crippen LogP contribution >= 0.6 is 11.8 Å². The number of thioether (sulfide) groups is 1. The first-order chi connectivity index (χ1) is 17.3. The van der Waals surface area contributed by atoms with E-state index in [0.29, 0.717) is 22.1 Å². The Bertz CT molecular complexity index is 1230. The maximum atomic E-state index is 9.08. The largest absolute Gasteiger partial charge is 0.380 e. The van der Waals surface area contributed by atoms with Crippen molar-refractivity contribution in [3.8, 4) is 17.5 Å². The molecular weight excluding hydrogens is 482 g/mol. The Kier molecular flexibility index (Phi) is 8.61. The predicted molar refractivity (Wildman–Crippen MR) is 155 cm³/mol. The Morgan fingerprint density at radius 3 is 2.38 bits per heavy atom. The zero-order valence-corrected chi connectivity index (χ0v) is 23.3. The van der Waals surface area contributed by atoms with Crippen LogP contribution in [0.3, 0.4) is 0 Å². The summed E-state index contributed by atoms with van der Waals surface area (Å²) in [6.45, 7) is 16.2. The number of piperazine rings is 1. The predicted octanol–water partition coefficient (Wildman–Crippen LogP) is 5.25. The molecule has 1 saturated heterocycles. The molecule has 3 heterocycles. The van der Waals surface area contributed by atoms with E-state index in [4.69, 9.17) is 21.5 Å². The highest BCUT2D eigenvalue weighted by Gasteiger charge is 2.28. The van der Waals surface area contributed by atoms with Crippen LogP contribution in [0, 0.1) is 27.6 Å². The first kappa shape index (κ1) is 28.2. The van der Waals surface area contributed by atoms with Gasteiger partial charge < -0.3 is 20.6 Å². The normalized spacial score (nSPS) is 15.3. The Morgan fingerprint density at radius 2 is 1.81 bits per heavy atom. The number of amidine groups is 1. The molecule has 1 aliphatic rings. The van der Waals surface area contributed by atoms with Crippen molar-refractivity contribution < 1.29 is 0 Å². The van der Waals surface area contributed by atoms with Gasteiger partial charge in [0.05, 0.1) is 17.0 Å². The number of hydrogen-bond acceptors (Lipinski definition) is 8. The van der Waals surface area contributed by atoms with Gasteiger partial charge in [-0.25, -0.2) is 0 Å². The average molecular weight is 520 g/mol. The molecule has 0 radical (unpaired) electrons. The number of anilines is 1. The fourth-order valence-electron chi connectivity index (χ4n) is 4.01. The molecule has 0 saturated carbocycles. The Morgan fingerprint density at radius 1 is 1.14 bits per heavy atom. The van der Waals surface area contributed by atoms with E-state index in [0.717, 1.165) is 55.5 Å². The van der Waals surface area contributed by atoms with Crippen LogP contribution in [-0.4, -0.2) is 73.5 Å². The van der Waals surface area contributed by atoms with Crippen molar-refractivity contribution in [1.29, 1.82) is 21.5 Å². The Labute approximate surface area is 223 Å². The van der Waals surface area contributed by atoms with Crippen LogP contribution in [0.2, 0.25) is 0 Å². The molecule has 9 nitrogen and oxygen atoms in total. The van der Waals surface area contributed by atoms with Gasteiger partial charge in [0.15, 0.2) is 5.17 Å². The molecule has 1 aliphatic heterocycles. The highest BCUT2D eigenvalue weighted by molar-refractivity contribution is 8.26. The second-order valence-corrected chi connectivity index (χ2v) is 12.1. The zero-order valence-electron chi connectivity index (χ0n) is 22.5. The van der Waals surface area contributed by atoms with Crippen LogP contribution in [0.4, 0.5) is 5.69 Å². The van der Waals surface area contributed by atoms with Gasteiger partial charge in [0.1, 0.15) is 11.1 Å². The quantitative estimate of drug-likeness (QED) is 0.207. The summed E-state index contributed by atoms with van der Waals surface area (Å²) in [6, 6.07) is 7.59. The summed E-state index contributed by atoms with van der Waals surface area (Å²) < 4.78 is 0. The second kappa shape index (κ2) is 11.3. The summed E-state index contributed by atoms with van der Waals surface area (Å²) in [6.07, 6.45) is 4.31. The molecular formula is C27H37N9S. The number of hydrogen-bond donors (Lipinski definition) is 5. The molecule has 1 fully saturated rings. The van der Waals surface area contributed by atoms with Crippen molar-refractivity contribution in [3.05, 3.63) is 41.2 Å². The second-order valence-electron chi connectivity index (χ2n) is 11.1. The number of H-pyrrole nitrogens is 1. The van der Waals surface area contributed by atoms with Crippen LogP contribution in [0.1, 0.15) is 52.8 Å². The third-order valence-corrected chi connectivity index (χ3v) is 6.83. The Balaban J connectivity index is 1.80. The maximum Gasteiger partial charge on any atom is 0.162 e. The van der Waals surface area contributed by atoms with Gasteiger partial charge in [-0.1, -0.05) is 0 Å². The summed E-state index contributed by atoms with van der Waals surface area (Å²) in [5.41, 5.74) is 3.69. The molecule has 196 valence electrons. The molecule has 2 aromatic rings. The van der Waals surface area contributed by atoms with Crippen LogP contribution < -0.4 is 5.32 Å². The maximum absolute atomic E-state index is 9.08. The van der Waals surface area contributed by atoms with E-state index >= 15 is 0 Å². The van der Waals surface area contributed by atoms with Crippen molar-refractivity contribution >= 4 is 40.0 Å². The lowest BCUT2D eigenvalue weighted by Gasteiger charge is -2.42. The van der Waals surface area contributed by atoms with Gasteiger partial charge in [-0.15, -0.1) is 0 Å². The van der Waals surface area contributed by atoms with E-state index in [9.17, 15) is 0 Å². The van der Waals surface area contributed by atoms with Gasteiger partial charge in [-0.2, -0.15) is 5.26 Å². The van der Waals surface area contributed by atoms with E-state index in [1.165, 1.54) is 0 Å². The first-order valence-corrected chi connectivity index (χ1v) is 13.1. The summed E-state index contributed by atoms with van der Waals surface area (Å²) in [5, 5.41) is 38.0. The smallest absolute Gasteiger partial charge is 0.162 e. The lowest BCUT2D eigenvalue weighted by molar-refractivity contribution is 0.0891. The molecule has 0 atom stereocenters. The van der Waals surface area contributed by atoms with Gasteiger partial charge in [0.25, 0.3) is 0 Å². The van der Waals surface area contributed by atoms with E-state index in [1.807, 2.05) is 29.2 Å². The lowest BCUT2D eigenvalue weighted by Crippen LogP contribution is -2.54. The fourth-order valence-corrected chi connectivity index (χ4v) is 4.78. The minimum atomic E-state index is -0.246. The standard InChI is InChI=1S/C27H37N9S/c1-26(2,3)34-22-14-23(21-8-7-19(33-21)13-18(15-28)16-29)32-17-20(22)24(30)37-25(31)35-9-11-36(12-10-35)27(4,5)6/h7-8,13-15,17,28,30-31,33H,9-12H2,1-6H3,(H,32,34)/b18-13+,28-15?,30-24?,31-25?. The monoisotopic (exact) mass is 519 g/mol. The first-order valence-electron chi connectivity index (χ1n) is 12.3. The summed E-state index contributed by atoms with van der Waals surface area (Å²) in [5.74, 6) is 0. The number of allylic oxidation sites excluding steroid dienone is 1. The van der Waals surface area contributed by atoms with Gasteiger partial charge >= 0.3 is 0 Å². The number of nitrogens with zero attached hydrogens (tertiary/aromatic N) is 4. The zero-order chi connectivity index (χ0) is 27.4. The number of rotatable bonds is 5. The summed E-state index contributed by atoms with van der Waals surface area (Å²) in [4.78, 5) is 12.3. The van der Waals surface area contributed by atoms with E-state index in [-0.39, 0.29) is 21.7 Å². The molecule has 2 aromatic heterocycles. The topological polar surface area (TPSA) is 143 Å². The van der Waals surface area contributed by atoms with Crippen molar-refractivity contribution in [2.75, 3.05) is 31.5 Å². The molecule has 5 N–H and O–H groups in total. The highest BCUT2D eigenvalue weighted by Crippen LogP contribution is 2.29. The van der Waals surface area contributed by atoms with Crippen molar-refractivity contribution in [3.63, 3.8) is 0 Å². The fraction of sp³-hybridized carbons (Fsp3) is 0.444. The summed E-state index contributed by atoms with van der Waals surface area (Å²) in [7, 11) is 0. The van der Waals surface area contributed by atoms with Crippen molar-refractivity contribution in [2.45, 2.75) is 52.6 Å². The Hall–Kier alpha value is -3.42. The van der Waals surface area contributed by atoms with Crippen LogP contribution in [-0.2, 0) is 0 Å². The van der Waals surface area contributed by atoms with E-state index in [1.54, 1.807) is 12.3 Å². The van der Waals surface area contributed by atoms with Gasteiger partial charge in [-0.05, 0) is 77.6 Å². The average Bonchev–Trinajstić information content (AvgIpc) is 3.29. The number of aromatic amines is 1. The van der Waals surface area contributed by atoms with Crippen molar-refractivity contribution in [2.24, 2.45) is 0 Å². The van der Waals surface area contributed by atoms with Crippen molar-refractivity contribution in [1.82, 2.24) is 19.8 Å². The molecule has 0 amide bonds. The molecule has 0 bridgehead atoms. The van der Waals surface area contributed by atoms with Gasteiger partial charge in [0.2, 0.25) is 0 Å². The number of aromatic nitrogens is 2. The third kappa shape index (κ3) is 7.54. The minimum Gasteiger partial charge on any atom is -0.380 e. The van der Waals surface area contributed by atoms with Gasteiger partial charge in [0, 0.05) is 66.6 Å². The minimum absolute atomic E-state index is 0.114. The number of nitrogens with one attached hydrogen (secondary N) is 5. The molecule has 0 spiro atoms. The summed E-state index contributed by atoms with van der Waals surface area (Å²) >= 11 is 1.15. The lowest BCUT2D eigenvalue weighted by atomic mass is 10.1. The van der Waals surface area contributed by atoms with Crippen LogP contribution in [0.25, 0.3) is 17.5 Å². The number of pyridine rings is 1. The van der Waals surface area contributed by atoms with Crippen LogP contribution in [0.15, 0.2) is 30.0 Å². The van der Waals surface area contributed by atoms with E-state index < -0.39 is 0 Å².